The van der Waals surface area contributed by atoms with Crippen LogP contribution in [0, 0.1) is 5.92 Å². The minimum absolute atomic E-state index is 0.0841. The van der Waals surface area contributed by atoms with Gasteiger partial charge in [0, 0.05) is 30.1 Å². The van der Waals surface area contributed by atoms with E-state index in [0.29, 0.717) is 5.92 Å². The topological polar surface area (TPSA) is 25.0 Å². The van der Waals surface area contributed by atoms with Gasteiger partial charge in [0.15, 0.2) is 0 Å². The molecule has 0 saturated heterocycles. The Balaban J connectivity index is 1.94. The highest BCUT2D eigenvalue weighted by Crippen LogP contribution is 2.42. The van der Waals surface area contributed by atoms with E-state index in [0.717, 1.165) is 6.42 Å². The van der Waals surface area contributed by atoms with Crippen LogP contribution < -0.4 is 0 Å². The minimum Gasteiger partial charge on any atom is -0.378 e. The number of hydrogen-bond donors (Lipinski definition) is 1. The van der Waals surface area contributed by atoms with Gasteiger partial charge in [-0.05, 0) is 51.7 Å². The Kier molecular flexibility index (Phi) is 3.66. The fourth-order valence-corrected chi connectivity index (χ4v) is 3.66. The predicted octanol–water partition coefficient (Wildman–Crippen LogP) is 4.86. The van der Waals surface area contributed by atoms with E-state index in [1.165, 1.54) is 29.3 Å². The summed E-state index contributed by atoms with van der Waals surface area (Å²) in [6, 6.07) is 8.56. The van der Waals surface area contributed by atoms with Gasteiger partial charge < -0.3 is 9.72 Å². The zero-order valence-electron chi connectivity index (χ0n) is 13.5. The van der Waals surface area contributed by atoms with Crippen molar-refractivity contribution in [1.82, 2.24) is 4.98 Å². The van der Waals surface area contributed by atoms with Crippen LogP contribution in [0.3, 0.4) is 0 Å². The summed E-state index contributed by atoms with van der Waals surface area (Å²) in [7, 11) is 1.83. The van der Waals surface area contributed by atoms with Crippen molar-refractivity contribution in [2.45, 2.75) is 45.6 Å². The van der Waals surface area contributed by atoms with Gasteiger partial charge >= 0.3 is 0 Å². The molecule has 1 aliphatic carbocycles. The summed E-state index contributed by atoms with van der Waals surface area (Å²) in [6.07, 6.45) is 5.62. The second-order valence-corrected chi connectivity index (χ2v) is 6.74. The number of rotatable bonds is 4. The number of hydrogen-bond acceptors (Lipinski definition) is 1. The molecule has 1 N–H and O–H groups in total. The van der Waals surface area contributed by atoms with Gasteiger partial charge in [0.25, 0.3) is 0 Å². The van der Waals surface area contributed by atoms with Crippen molar-refractivity contribution in [1.29, 1.82) is 0 Å². The van der Waals surface area contributed by atoms with E-state index in [9.17, 15) is 0 Å². The lowest BCUT2D eigenvalue weighted by atomic mass is 9.82. The number of benzene rings is 1. The van der Waals surface area contributed by atoms with E-state index in [1.54, 1.807) is 11.1 Å². The molecule has 1 aromatic carbocycles. The molecule has 1 aliphatic rings. The molecule has 0 bridgehead atoms. The Labute approximate surface area is 127 Å². The Bertz CT molecular complexity index is 678. The Morgan fingerprint density at radius 1 is 1.29 bits per heavy atom. The highest BCUT2D eigenvalue weighted by atomic mass is 16.5. The SMILES string of the molecule is COC(C)(C)[C@H]1CCC(C)=C1Cc1c[nH]c2ccccc12. The van der Waals surface area contributed by atoms with Crippen molar-refractivity contribution in [3.8, 4) is 0 Å². The molecular formula is C19H25NO. The van der Waals surface area contributed by atoms with Crippen LogP contribution in [0.4, 0.5) is 0 Å². The van der Waals surface area contributed by atoms with Gasteiger partial charge in [-0.15, -0.1) is 0 Å². The Hall–Kier alpha value is -1.54. The van der Waals surface area contributed by atoms with Crippen LogP contribution in [0.15, 0.2) is 41.6 Å². The lowest BCUT2D eigenvalue weighted by molar-refractivity contribution is -0.0159. The van der Waals surface area contributed by atoms with Gasteiger partial charge in [-0.1, -0.05) is 29.3 Å². The maximum atomic E-state index is 5.76. The number of para-hydroxylation sites is 1. The van der Waals surface area contributed by atoms with Crippen LogP contribution >= 0.6 is 0 Å². The third kappa shape index (κ3) is 2.53. The molecule has 2 aromatic rings. The van der Waals surface area contributed by atoms with Gasteiger partial charge in [0.1, 0.15) is 0 Å². The maximum absolute atomic E-state index is 5.76. The summed E-state index contributed by atoms with van der Waals surface area (Å²) < 4.78 is 5.76. The van der Waals surface area contributed by atoms with Crippen molar-refractivity contribution in [3.05, 3.63) is 47.2 Å². The molecule has 0 fully saturated rings. The molecule has 21 heavy (non-hydrogen) atoms. The van der Waals surface area contributed by atoms with Crippen LogP contribution in [-0.2, 0) is 11.2 Å². The van der Waals surface area contributed by atoms with E-state index in [2.05, 4.69) is 56.2 Å². The Morgan fingerprint density at radius 2 is 2.05 bits per heavy atom. The lowest BCUT2D eigenvalue weighted by Gasteiger charge is -2.32. The first kappa shape index (κ1) is 14.4. The average Bonchev–Trinajstić information content (AvgIpc) is 3.05. The standard InChI is InChI=1S/C19H25NO/c1-13-9-10-17(19(2,3)21-4)16(13)11-14-12-20-18-8-6-5-7-15(14)18/h5-8,12,17,20H,9-11H2,1-4H3/t17-/m0/s1. The van der Waals surface area contributed by atoms with E-state index >= 15 is 0 Å². The monoisotopic (exact) mass is 283 g/mol. The predicted molar refractivity (Wildman–Crippen MR) is 88.5 cm³/mol. The van der Waals surface area contributed by atoms with Gasteiger partial charge in [-0.25, -0.2) is 0 Å². The van der Waals surface area contributed by atoms with Crippen molar-refractivity contribution in [3.63, 3.8) is 0 Å². The van der Waals surface area contributed by atoms with Crippen molar-refractivity contribution in [2.24, 2.45) is 5.92 Å². The van der Waals surface area contributed by atoms with Crippen LogP contribution in [0.5, 0.6) is 0 Å². The molecular weight excluding hydrogens is 258 g/mol. The molecule has 0 radical (unpaired) electrons. The zero-order valence-corrected chi connectivity index (χ0v) is 13.5. The molecule has 0 spiro atoms. The molecule has 0 saturated carbocycles. The van der Waals surface area contributed by atoms with E-state index in [1.807, 2.05) is 7.11 Å². The molecule has 0 amide bonds. The molecule has 2 heteroatoms. The molecule has 3 rings (SSSR count). The molecule has 0 unspecified atom stereocenters. The molecule has 2 nitrogen and oxygen atoms in total. The number of fused-ring (bicyclic) bond motifs is 1. The van der Waals surface area contributed by atoms with E-state index in [-0.39, 0.29) is 5.60 Å². The number of methoxy groups -OCH3 is 1. The first-order chi connectivity index (χ1) is 10.0. The van der Waals surface area contributed by atoms with Crippen molar-refractivity contribution >= 4 is 10.9 Å². The quantitative estimate of drug-likeness (QED) is 0.796. The molecule has 1 atom stereocenters. The van der Waals surface area contributed by atoms with Gasteiger partial charge in [-0.3, -0.25) is 0 Å². The van der Waals surface area contributed by atoms with Gasteiger partial charge in [0.2, 0.25) is 0 Å². The lowest BCUT2D eigenvalue weighted by Crippen LogP contribution is -2.33. The zero-order chi connectivity index (χ0) is 15.0. The fraction of sp³-hybridized carbons (Fsp3) is 0.474. The van der Waals surface area contributed by atoms with Crippen molar-refractivity contribution < 1.29 is 4.74 Å². The summed E-state index contributed by atoms with van der Waals surface area (Å²) in [5.74, 6) is 0.524. The second-order valence-electron chi connectivity index (χ2n) is 6.74. The van der Waals surface area contributed by atoms with Gasteiger partial charge in [0.05, 0.1) is 5.60 Å². The number of nitrogens with one attached hydrogen (secondary N) is 1. The van der Waals surface area contributed by atoms with Crippen LogP contribution in [-0.4, -0.2) is 17.7 Å². The van der Waals surface area contributed by atoms with Crippen molar-refractivity contribution in [2.75, 3.05) is 7.11 Å². The summed E-state index contributed by atoms with van der Waals surface area (Å²) >= 11 is 0. The third-order valence-corrected chi connectivity index (χ3v) is 5.20. The third-order valence-electron chi connectivity index (χ3n) is 5.20. The largest absolute Gasteiger partial charge is 0.378 e. The normalized spacial score (nSPS) is 19.7. The second kappa shape index (κ2) is 5.34. The number of allylic oxidation sites excluding steroid dienone is 1. The number of ether oxygens (including phenoxy) is 1. The molecule has 112 valence electrons. The summed E-state index contributed by atoms with van der Waals surface area (Å²) in [4.78, 5) is 3.39. The molecule has 1 aromatic heterocycles. The number of aromatic nitrogens is 1. The van der Waals surface area contributed by atoms with Crippen LogP contribution in [0.1, 0.15) is 39.2 Å². The van der Waals surface area contributed by atoms with Crippen LogP contribution in [0.25, 0.3) is 10.9 Å². The first-order valence-corrected chi connectivity index (χ1v) is 7.81. The summed E-state index contributed by atoms with van der Waals surface area (Å²) in [6.45, 7) is 6.72. The maximum Gasteiger partial charge on any atom is 0.0688 e. The number of aromatic amines is 1. The number of H-pyrrole nitrogens is 1. The summed E-state index contributed by atoms with van der Waals surface area (Å²) in [5, 5.41) is 1.35. The molecule has 0 aliphatic heterocycles. The van der Waals surface area contributed by atoms with E-state index in [4.69, 9.17) is 4.74 Å². The van der Waals surface area contributed by atoms with Crippen LogP contribution in [0.2, 0.25) is 0 Å². The summed E-state index contributed by atoms with van der Waals surface area (Å²) in [5.41, 5.74) is 5.67. The highest BCUT2D eigenvalue weighted by molar-refractivity contribution is 5.83. The minimum atomic E-state index is -0.0841. The smallest absolute Gasteiger partial charge is 0.0688 e. The van der Waals surface area contributed by atoms with E-state index < -0.39 is 0 Å². The fourth-order valence-electron chi connectivity index (χ4n) is 3.66. The van der Waals surface area contributed by atoms with Gasteiger partial charge in [-0.2, -0.15) is 0 Å². The Morgan fingerprint density at radius 3 is 2.81 bits per heavy atom. The highest BCUT2D eigenvalue weighted by Gasteiger charge is 2.36. The molecule has 1 heterocycles. The first-order valence-electron chi connectivity index (χ1n) is 7.81. The average molecular weight is 283 g/mol.